The van der Waals surface area contributed by atoms with Crippen LogP contribution >= 0.6 is 0 Å². The number of benzene rings is 5. The van der Waals surface area contributed by atoms with Crippen molar-refractivity contribution in [3.05, 3.63) is 151 Å². The van der Waals surface area contributed by atoms with E-state index in [2.05, 4.69) is 17.1 Å². The van der Waals surface area contributed by atoms with Crippen molar-refractivity contribution >= 4 is 44.3 Å². The van der Waals surface area contributed by atoms with Crippen LogP contribution in [0, 0.1) is 12.1 Å². The fourth-order valence-electron chi connectivity index (χ4n) is 5.74. The summed E-state index contributed by atoms with van der Waals surface area (Å²) in [5, 5.41) is 1.98. The summed E-state index contributed by atoms with van der Waals surface area (Å²) in [6.45, 7) is 3.75. The van der Waals surface area contributed by atoms with E-state index in [1.165, 1.54) is 0 Å². The molecule has 5 aromatic carbocycles. The first-order valence-electron chi connectivity index (χ1n) is 15.9. The molecule has 9 aromatic rings. The summed E-state index contributed by atoms with van der Waals surface area (Å²) in [4.78, 5) is 18.9. The first-order chi connectivity index (χ1) is 23.4. The Hall–Kier alpha value is -5.49. The summed E-state index contributed by atoms with van der Waals surface area (Å²) in [7, 11) is 0. The molecule has 7 heteroatoms. The number of hydrogen-bond acceptors (Lipinski definition) is 5. The average molecular weight is 801 g/mol. The molecule has 0 spiro atoms. The molecule has 0 fully saturated rings. The Morgan fingerprint density at radius 1 is 0.729 bits per heavy atom. The Kier molecular flexibility index (Phi) is 8.29. The van der Waals surface area contributed by atoms with E-state index in [9.17, 15) is 0 Å². The second-order valence-electron chi connectivity index (χ2n) is 11.4. The summed E-state index contributed by atoms with van der Waals surface area (Å²) >= 11 is 0. The molecule has 1 radical (unpaired) electrons. The van der Waals surface area contributed by atoms with Gasteiger partial charge in [0.25, 0.3) is 0 Å². The van der Waals surface area contributed by atoms with Crippen molar-refractivity contribution in [2.75, 3.05) is 0 Å². The van der Waals surface area contributed by atoms with Crippen LogP contribution in [0.5, 0.6) is 0 Å². The predicted molar refractivity (Wildman–Crippen MR) is 188 cm³/mol. The monoisotopic (exact) mass is 801 g/mol. The van der Waals surface area contributed by atoms with E-state index >= 15 is 0 Å². The summed E-state index contributed by atoms with van der Waals surface area (Å²) < 4.78 is 16.9. The third-order valence-electron chi connectivity index (χ3n) is 8.07. The maximum absolute atomic E-state index is 8.43. The maximum Gasteiger partial charge on any atom is 0.188 e. The van der Waals surface area contributed by atoms with Crippen LogP contribution in [0.2, 0.25) is 0 Å². The van der Waals surface area contributed by atoms with Gasteiger partial charge in [0.1, 0.15) is 5.58 Å². The third-order valence-corrected chi connectivity index (χ3v) is 8.07. The third kappa shape index (κ3) is 5.79. The summed E-state index contributed by atoms with van der Waals surface area (Å²) in [6.07, 6.45) is 1.79. The van der Waals surface area contributed by atoms with Crippen molar-refractivity contribution in [3.8, 4) is 28.3 Å². The van der Waals surface area contributed by atoms with Gasteiger partial charge in [-0.15, -0.1) is 54.1 Å². The Labute approximate surface area is 292 Å². The molecule has 4 heterocycles. The SMILES string of the molecule is [2H]C(C)(C)c1ccc2c(c1)oc1c(-c3nc4nc5ccccc5nc4n3-c3ccccc3)[c-]ccc12.[Ir].[c-]1ccccc1-c1ccccn1. The minimum Gasteiger partial charge on any atom is -0.501 e. The van der Waals surface area contributed by atoms with Crippen LogP contribution < -0.4 is 0 Å². The first-order valence-corrected chi connectivity index (χ1v) is 15.4. The molecule has 0 bridgehead atoms. The first kappa shape index (κ1) is 29.9. The van der Waals surface area contributed by atoms with Gasteiger partial charge in [-0.05, 0) is 53.5 Å². The minimum atomic E-state index is -0.719. The van der Waals surface area contributed by atoms with Gasteiger partial charge in [-0.2, -0.15) is 0 Å². The van der Waals surface area contributed by atoms with E-state index in [0.29, 0.717) is 22.7 Å². The maximum atomic E-state index is 8.43. The Morgan fingerprint density at radius 3 is 2.25 bits per heavy atom. The number of furan rings is 1. The summed E-state index contributed by atoms with van der Waals surface area (Å²) in [5.41, 5.74) is 8.87. The second kappa shape index (κ2) is 13.3. The molecule has 0 saturated heterocycles. The number of rotatable bonds is 4. The molecule has 0 N–H and O–H groups in total. The number of imidazole rings is 1. The molecular formula is C41H29IrN5O-2. The van der Waals surface area contributed by atoms with Crippen LogP contribution in [0.1, 0.15) is 26.7 Å². The van der Waals surface area contributed by atoms with Crippen LogP contribution in [0.3, 0.4) is 0 Å². The van der Waals surface area contributed by atoms with E-state index < -0.39 is 5.89 Å². The van der Waals surface area contributed by atoms with E-state index in [0.717, 1.165) is 55.5 Å². The molecule has 6 nitrogen and oxygen atoms in total. The van der Waals surface area contributed by atoms with Crippen LogP contribution in [0.25, 0.3) is 72.6 Å². The van der Waals surface area contributed by atoms with Crippen molar-refractivity contribution in [2.24, 2.45) is 0 Å². The van der Waals surface area contributed by atoms with Crippen molar-refractivity contribution in [3.63, 3.8) is 0 Å². The van der Waals surface area contributed by atoms with Gasteiger partial charge >= 0.3 is 0 Å². The van der Waals surface area contributed by atoms with Crippen LogP contribution in [0.15, 0.2) is 138 Å². The molecule has 0 aliphatic rings. The zero-order valence-electron chi connectivity index (χ0n) is 27.2. The number of para-hydroxylation sites is 3. The van der Waals surface area contributed by atoms with Gasteiger partial charge in [-0.3, -0.25) is 4.98 Å². The molecule has 0 amide bonds. The summed E-state index contributed by atoms with van der Waals surface area (Å²) in [5.74, 6) is -0.0554. The average Bonchev–Trinajstić information content (AvgIpc) is 3.69. The molecule has 0 aliphatic carbocycles. The number of pyridine rings is 1. The van der Waals surface area contributed by atoms with E-state index in [-0.39, 0.29) is 20.1 Å². The quantitative estimate of drug-likeness (QED) is 0.166. The summed E-state index contributed by atoms with van der Waals surface area (Å²) in [6, 6.07) is 48.0. The standard InChI is InChI=1S/C30H21N4O.C11H8N.Ir/c1-18(2)19-15-16-21-22-11-8-12-23(27(22)35-26(21)17-19)29-33-28-30(34(29)20-9-4-3-5-10-20)32-25-14-7-6-13-24(25)31-28;1-2-6-10(7-3-1)11-8-4-5-9-12-11;/h3-11,13-18H,1-2H3;1-6,8-9H;/q2*-1;/i18D;;. The normalized spacial score (nSPS) is 11.7. The molecule has 235 valence electrons. The fraction of sp³-hybridized carbons (Fsp3) is 0.0732. The zero-order valence-corrected chi connectivity index (χ0v) is 28.6. The molecule has 9 rings (SSSR count). The Balaban J connectivity index is 0.000000246. The van der Waals surface area contributed by atoms with Gasteiger partial charge in [0.15, 0.2) is 11.3 Å². The predicted octanol–water partition coefficient (Wildman–Crippen LogP) is 10.0. The van der Waals surface area contributed by atoms with Crippen LogP contribution in [-0.2, 0) is 20.1 Å². The van der Waals surface area contributed by atoms with Gasteiger partial charge in [0.05, 0.1) is 22.4 Å². The van der Waals surface area contributed by atoms with Gasteiger partial charge in [-0.1, -0.05) is 79.4 Å². The Bertz CT molecular complexity index is 2510. The molecule has 0 aliphatic heterocycles. The molecule has 0 atom stereocenters. The number of fused-ring (bicyclic) bond motifs is 5. The van der Waals surface area contributed by atoms with E-state index in [4.69, 9.17) is 20.7 Å². The molecule has 4 aromatic heterocycles. The van der Waals surface area contributed by atoms with Gasteiger partial charge in [-0.25, -0.2) is 9.97 Å². The number of aromatic nitrogens is 5. The molecule has 0 unspecified atom stereocenters. The zero-order chi connectivity index (χ0) is 32.7. The van der Waals surface area contributed by atoms with Gasteiger partial charge in [0, 0.05) is 38.7 Å². The Morgan fingerprint density at radius 2 is 1.50 bits per heavy atom. The van der Waals surface area contributed by atoms with E-state index in [1.807, 2.05) is 146 Å². The molecule has 48 heavy (non-hydrogen) atoms. The second-order valence-corrected chi connectivity index (χ2v) is 11.4. The van der Waals surface area contributed by atoms with E-state index in [1.54, 1.807) is 6.20 Å². The van der Waals surface area contributed by atoms with Gasteiger partial charge < -0.3 is 14.0 Å². The minimum absolute atomic E-state index is 0. The molecule has 0 saturated carbocycles. The van der Waals surface area contributed by atoms with Crippen molar-refractivity contribution in [1.29, 1.82) is 0 Å². The fourth-order valence-corrected chi connectivity index (χ4v) is 5.74. The van der Waals surface area contributed by atoms with Crippen LogP contribution in [0.4, 0.5) is 0 Å². The van der Waals surface area contributed by atoms with Gasteiger partial charge in [0.2, 0.25) is 0 Å². The smallest absolute Gasteiger partial charge is 0.188 e. The van der Waals surface area contributed by atoms with Crippen LogP contribution in [-0.4, -0.2) is 24.5 Å². The van der Waals surface area contributed by atoms with Crippen molar-refractivity contribution in [2.45, 2.75) is 19.7 Å². The molecular weight excluding hydrogens is 771 g/mol. The topological polar surface area (TPSA) is 69.6 Å². The van der Waals surface area contributed by atoms with Crippen molar-refractivity contribution < 1.29 is 25.9 Å². The largest absolute Gasteiger partial charge is 0.501 e. The number of nitrogens with zero attached hydrogens (tertiary/aromatic N) is 5. The number of hydrogen-bond donors (Lipinski definition) is 0. The van der Waals surface area contributed by atoms with Crippen molar-refractivity contribution in [1.82, 2.24) is 24.5 Å².